The second-order valence-corrected chi connectivity index (χ2v) is 7.32. The van der Waals surface area contributed by atoms with Gasteiger partial charge in [-0.1, -0.05) is 19.1 Å². The molecule has 0 spiro atoms. The predicted molar refractivity (Wildman–Crippen MR) is 114 cm³/mol. The molecule has 0 aromatic heterocycles. The zero-order valence-electron chi connectivity index (χ0n) is 17.7. The average Bonchev–Trinajstić information content (AvgIpc) is 3.14. The highest BCUT2D eigenvalue weighted by atomic mass is 16.5. The Morgan fingerprint density at radius 2 is 2.18 bits per heavy atom. The maximum atomic E-state index is 11.9. The van der Waals surface area contributed by atoms with Crippen LogP contribution in [0.5, 0.6) is 5.75 Å². The number of amides is 1. The number of likely N-dealkylation sites (N-methyl/N-ethyl adjacent to an activating group) is 1. The summed E-state index contributed by atoms with van der Waals surface area (Å²) in [6, 6.07) is 8.32. The number of benzene rings is 1. The smallest absolute Gasteiger partial charge is 0.222 e. The molecule has 1 aliphatic rings. The van der Waals surface area contributed by atoms with E-state index < -0.39 is 0 Å². The summed E-state index contributed by atoms with van der Waals surface area (Å²) in [5.74, 6) is 1.88. The first kappa shape index (κ1) is 22.0. The van der Waals surface area contributed by atoms with Crippen LogP contribution in [0.2, 0.25) is 0 Å². The van der Waals surface area contributed by atoms with E-state index in [1.165, 1.54) is 0 Å². The lowest BCUT2D eigenvalue weighted by atomic mass is 10.2. The molecule has 1 saturated heterocycles. The van der Waals surface area contributed by atoms with Crippen LogP contribution in [-0.2, 0) is 11.3 Å². The van der Waals surface area contributed by atoms with Crippen LogP contribution in [0.15, 0.2) is 29.3 Å². The van der Waals surface area contributed by atoms with Crippen molar-refractivity contribution in [2.75, 3.05) is 46.9 Å². The van der Waals surface area contributed by atoms with Crippen molar-refractivity contribution in [3.8, 4) is 5.75 Å². The molecular formula is C21H35N5O2. The summed E-state index contributed by atoms with van der Waals surface area (Å²) < 4.78 is 5.81. The molecule has 2 N–H and O–H groups in total. The number of aliphatic imine (C=N–C) groups is 1. The van der Waals surface area contributed by atoms with Crippen molar-refractivity contribution in [1.82, 2.24) is 20.4 Å². The lowest BCUT2D eigenvalue weighted by Crippen LogP contribution is -2.45. The minimum absolute atomic E-state index is 0.220. The molecule has 1 aromatic rings. The molecule has 1 aliphatic heterocycles. The zero-order valence-corrected chi connectivity index (χ0v) is 17.7. The first-order valence-electron chi connectivity index (χ1n) is 10.2. The predicted octanol–water partition coefficient (Wildman–Crippen LogP) is 1.69. The van der Waals surface area contributed by atoms with Crippen molar-refractivity contribution >= 4 is 11.9 Å². The fourth-order valence-corrected chi connectivity index (χ4v) is 3.09. The van der Waals surface area contributed by atoms with Gasteiger partial charge in [0.2, 0.25) is 5.91 Å². The number of ether oxygens (including phenoxy) is 1. The van der Waals surface area contributed by atoms with Crippen molar-refractivity contribution in [2.45, 2.75) is 39.3 Å². The van der Waals surface area contributed by atoms with E-state index in [4.69, 9.17) is 9.73 Å². The van der Waals surface area contributed by atoms with Gasteiger partial charge in [-0.2, -0.15) is 0 Å². The molecular weight excluding hydrogens is 354 g/mol. The number of carbonyl (C=O) groups excluding carboxylic acids is 1. The van der Waals surface area contributed by atoms with E-state index in [-0.39, 0.29) is 11.9 Å². The standard InChI is InChI=1S/C21H35N5O2/c1-5-20(27)26-11-10-18(16-26)24-21(22-6-2)23-15-17-8-7-9-19(14-17)28-13-12-25(3)4/h7-9,14,18H,5-6,10-13,15-16H2,1-4H3,(H2,22,23,24). The van der Waals surface area contributed by atoms with Crippen molar-refractivity contribution in [1.29, 1.82) is 0 Å². The summed E-state index contributed by atoms with van der Waals surface area (Å²) in [5, 5.41) is 6.76. The van der Waals surface area contributed by atoms with Gasteiger partial charge in [0.1, 0.15) is 12.4 Å². The normalized spacial score (nSPS) is 17.1. The quantitative estimate of drug-likeness (QED) is 0.497. The molecule has 7 heteroatoms. The van der Waals surface area contributed by atoms with Crippen molar-refractivity contribution in [3.05, 3.63) is 29.8 Å². The van der Waals surface area contributed by atoms with Crippen molar-refractivity contribution in [2.24, 2.45) is 4.99 Å². The molecule has 1 atom stereocenters. The molecule has 1 heterocycles. The third-order valence-electron chi connectivity index (χ3n) is 4.65. The third-order valence-corrected chi connectivity index (χ3v) is 4.65. The molecule has 1 unspecified atom stereocenters. The van der Waals surface area contributed by atoms with Crippen LogP contribution in [0.3, 0.4) is 0 Å². The highest BCUT2D eigenvalue weighted by molar-refractivity contribution is 5.80. The van der Waals surface area contributed by atoms with Gasteiger partial charge in [-0.25, -0.2) is 4.99 Å². The maximum Gasteiger partial charge on any atom is 0.222 e. The second-order valence-electron chi connectivity index (χ2n) is 7.32. The number of likely N-dealkylation sites (tertiary alicyclic amines) is 1. The number of hydrogen-bond acceptors (Lipinski definition) is 4. The van der Waals surface area contributed by atoms with Gasteiger partial charge in [0, 0.05) is 38.6 Å². The Morgan fingerprint density at radius 1 is 1.36 bits per heavy atom. The Hall–Kier alpha value is -2.28. The molecule has 0 aliphatic carbocycles. The Labute approximate surface area is 169 Å². The summed E-state index contributed by atoms with van der Waals surface area (Å²) in [6.45, 7) is 8.44. The van der Waals surface area contributed by atoms with E-state index in [0.717, 1.165) is 49.9 Å². The summed E-state index contributed by atoms with van der Waals surface area (Å²) in [7, 11) is 4.07. The molecule has 28 heavy (non-hydrogen) atoms. The Balaban J connectivity index is 1.91. The number of guanidine groups is 1. The van der Waals surface area contributed by atoms with E-state index in [1.807, 2.05) is 44.1 Å². The minimum atomic E-state index is 0.220. The van der Waals surface area contributed by atoms with E-state index >= 15 is 0 Å². The number of nitrogens with zero attached hydrogens (tertiary/aromatic N) is 3. The molecule has 1 amide bonds. The van der Waals surface area contributed by atoms with Gasteiger partial charge in [-0.05, 0) is 45.1 Å². The molecule has 156 valence electrons. The molecule has 0 saturated carbocycles. The molecule has 0 bridgehead atoms. The molecule has 1 aromatic carbocycles. The fraction of sp³-hybridized carbons (Fsp3) is 0.619. The lowest BCUT2D eigenvalue weighted by Gasteiger charge is -2.18. The van der Waals surface area contributed by atoms with Crippen LogP contribution in [0.1, 0.15) is 32.3 Å². The van der Waals surface area contributed by atoms with Crippen LogP contribution in [0.4, 0.5) is 0 Å². The number of rotatable bonds is 9. The Kier molecular flexibility index (Phi) is 9.07. The summed E-state index contributed by atoms with van der Waals surface area (Å²) in [4.78, 5) is 20.6. The van der Waals surface area contributed by atoms with Crippen LogP contribution < -0.4 is 15.4 Å². The van der Waals surface area contributed by atoms with Gasteiger partial charge in [-0.15, -0.1) is 0 Å². The average molecular weight is 390 g/mol. The van der Waals surface area contributed by atoms with E-state index in [2.05, 4.69) is 28.5 Å². The van der Waals surface area contributed by atoms with Crippen LogP contribution in [0.25, 0.3) is 0 Å². The third kappa shape index (κ3) is 7.38. The summed E-state index contributed by atoms with van der Waals surface area (Å²) in [5.41, 5.74) is 1.11. The largest absolute Gasteiger partial charge is 0.492 e. The molecule has 1 fully saturated rings. The lowest BCUT2D eigenvalue weighted by molar-refractivity contribution is -0.129. The second kappa shape index (κ2) is 11.5. The monoisotopic (exact) mass is 389 g/mol. The van der Waals surface area contributed by atoms with Gasteiger partial charge in [-0.3, -0.25) is 4.79 Å². The highest BCUT2D eigenvalue weighted by Gasteiger charge is 2.25. The number of carbonyl (C=O) groups is 1. The van der Waals surface area contributed by atoms with Gasteiger partial charge in [0.25, 0.3) is 0 Å². The molecule has 7 nitrogen and oxygen atoms in total. The van der Waals surface area contributed by atoms with Gasteiger partial charge >= 0.3 is 0 Å². The summed E-state index contributed by atoms with van der Waals surface area (Å²) >= 11 is 0. The molecule has 0 radical (unpaired) electrons. The van der Waals surface area contributed by atoms with E-state index in [9.17, 15) is 4.79 Å². The zero-order chi connectivity index (χ0) is 20.4. The summed E-state index contributed by atoms with van der Waals surface area (Å²) in [6.07, 6.45) is 1.51. The Morgan fingerprint density at radius 3 is 2.89 bits per heavy atom. The number of nitrogens with one attached hydrogen (secondary N) is 2. The highest BCUT2D eigenvalue weighted by Crippen LogP contribution is 2.14. The first-order valence-corrected chi connectivity index (χ1v) is 10.2. The van der Waals surface area contributed by atoms with Crippen molar-refractivity contribution in [3.63, 3.8) is 0 Å². The minimum Gasteiger partial charge on any atom is -0.492 e. The molecule has 2 rings (SSSR count). The SMILES string of the molecule is CCNC(=NCc1cccc(OCCN(C)C)c1)NC1CCN(C(=O)CC)C1. The first-order chi connectivity index (χ1) is 13.5. The topological polar surface area (TPSA) is 69.2 Å². The Bertz CT molecular complexity index is 647. The van der Waals surface area contributed by atoms with Crippen LogP contribution >= 0.6 is 0 Å². The van der Waals surface area contributed by atoms with Crippen LogP contribution in [-0.4, -0.2) is 74.6 Å². The maximum absolute atomic E-state index is 11.9. The van der Waals surface area contributed by atoms with E-state index in [1.54, 1.807) is 0 Å². The van der Waals surface area contributed by atoms with Gasteiger partial charge in [0.05, 0.1) is 6.54 Å². The van der Waals surface area contributed by atoms with Gasteiger partial charge in [0.15, 0.2) is 5.96 Å². The van der Waals surface area contributed by atoms with Crippen molar-refractivity contribution < 1.29 is 9.53 Å². The number of hydrogen-bond donors (Lipinski definition) is 2. The van der Waals surface area contributed by atoms with Crippen LogP contribution in [0, 0.1) is 0 Å². The fourth-order valence-electron chi connectivity index (χ4n) is 3.09. The van der Waals surface area contributed by atoms with Gasteiger partial charge < -0.3 is 25.2 Å². The van der Waals surface area contributed by atoms with E-state index in [0.29, 0.717) is 19.6 Å².